The monoisotopic (exact) mass is 285 g/mol. The fraction of sp³-hybridized carbons (Fsp3) is 0.133. The maximum absolute atomic E-state index is 11.2. The van der Waals surface area contributed by atoms with Crippen molar-refractivity contribution in [3.8, 4) is 0 Å². The van der Waals surface area contributed by atoms with Crippen molar-refractivity contribution in [2.24, 2.45) is 0 Å². The second-order valence-corrected chi connectivity index (χ2v) is 5.15. The van der Waals surface area contributed by atoms with Gasteiger partial charge in [-0.15, -0.1) is 11.8 Å². The van der Waals surface area contributed by atoms with E-state index in [-0.39, 0.29) is 5.91 Å². The van der Waals surface area contributed by atoms with Gasteiger partial charge in [-0.2, -0.15) is 0 Å². The second-order valence-electron chi connectivity index (χ2n) is 4.15. The number of carbonyl (C=O) groups excluding carboxylic acids is 1. The third-order valence-corrected chi connectivity index (χ3v) is 3.69. The first-order valence-electron chi connectivity index (χ1n) is 6.12. The van der Waals surface area contributed by atoms with E-state index >= 15 is 0 Å². The van der Waals surface area contributed by atoms with Gasteiger partial charge in [0, 0.05) is 11.8 Å². The van der Waals surface area contributed by atoms with Gasteiger partial charge in [0.05, 0.1) is 0 Å². The molecule has 2 aromatic rings. The molecule has 1 heterocycles. The first-order valence-corrected chi connectivity index (χ1v) is 7.10. The number of hydrogen-bond donors (Lipinski definition) is 1. The summed E-state index contributed by atoms with van der Waals surface area (Å²) in [5.41, 5.74) is 2.53. The first kappa shape index (κ1) is 14.3. The molecule has 0 fully saturated rings. The van der Waals surface area contributed by atoms with Crippen molar-refractivity contribution in [3.05, 3.63) is 60.4 Å². The van der Waals surface area contributed by atoms with Gasteiger partial charge >= 0.3 is 0 Å². The van der Waals surface area contributed by atoms with Crippen LogP contribution >= 0.6 is 11.8 Å². The molecule has 0 saturated carbocycles. The highest BCUT2D eigenvalue weighted by molar-refractivity contribution is 7.98. The van der Waals surface area contributed by atoms with E-state index < -0.39 is 0 Å². The highest BCUT2D eigenvalue weighted by Gasteiger charge is 2.03. The minimum atomic E-state index is -0.279. The van der Waals surface area contributed by atoms with E-state index in [0.717, 1.165) is 10.8 Å². The van der Waals surface area contributed by atoms with Crippen LogP contribution in [-0.2, 0) is 10.5 Å². The number of aryl methyl sites for hydroxylation is 1. The Morgan fingerprint density at radius 1 is 1.40 bits per heavy atom. The summed E-state index contributed by atoms with van der Waals surface area (Å²) in [6.07, 6.45) is 2.65. The lowest BCUT2D eigenvalue weighted by molar-refractivity contribution is -0.111. The zero-order valence-corrected chi connectivity index (χ0v) is 12.0. The van der Waals surface area contributed by atoms with E-state index in [2.05, 4.69) is 40.9 Å². The fourth-order valence-corrected chi connectivity index (χ4v) is 2.53. The Kier molecular flexibility index (Phi) is 4.90. The number of benzene rings is 1. The van der Waals surface area contributed by atoms with Gasteiger partial charge in [-0.05, 0) is 24.1 Å². The summed E-state index contributed by atoms with van der Waals surface area (Å²) in [4.78, 5) is 19.4. The summed E-state index contributed by atoms with van der Waals surface area (Å²) < 4.78 is 0. The molecule has 0 aliphatic carbocycles. The molecule has 1 aromatic heterocycles. The van der Waals surface area contributed by atoms with Gasteiger partial charge in [-0.1, -0.05) is 30.8 Å². The highest BCUT2D eigenvalue weighted by Crippen LogP contribution is 2.23. The van der Waals surface area contributed by atoms with Crippen molar-refractivity contribution in [2.45, 2.75) is 17.7 Å². The molecule has 102 valence electrons. The quantitative estimate of drug-likeness (QED) is 0.521. The van der Waals surface area contributed by atoms with Crippen LogP contribution in [0.3, 0.4) is 0 Å². The Hall–Kier alpha value is -2.14. The Balaban J connectivity index is 2.03. The molecular formula is C15H15N3OS. The van der Waals surface area contributed by atoms with Crippen LogP contribution in [0.25, 0.3) is 0 Å². The molecule has 0 saturated heterocycles. The minimum absolute atomic E-state index is 0.279. The third-order valence-electron chi connectivity index (χ3n) is 2.72. The number of hydrogen-bond acceptors (Lipinski definition) is 4. The molecule has 20 heavy (non-hydrogen) atoms. The van der Waals surface area contributed by atoms with Crippen molar-refractivity contribution in [2.75, 3.05) is 5.32 Å². The van der Waals surface area contributed by atoms with Gasteiger partial charge in [0.2, 0.25) is 5.91 Å². The predicted molar refractivity (Wildman–Crippen MR) is 81.6 cm³/mol. The van der Waals surface area contributed by atoms with Gasteiger partial charge in [0.1, 0.15) is 17.2 Å². The summed E-state index contributed by atoms with van der Waals surface area (Å²) >= 11 is 1.61. The maximum atomic E-state index is 11.2. The molecule has 4 nitrogen and oxygen atoms in total. The Labute approximate surface area is 122 Å². The Morgan fingerprint density at radius 2 is 2.20 bits per heavy atom. The molecule has 0 aliphatic heterocycles. The number of anilines is 1. The number of thioether (sulfide) groups is 1. The third kappa shape index (κ3) is 3.93. The molecule has 5 heteroatoms. The summed E-state index contributed by atoms with van der Waals surface area (Å²) in [7, 11) is 0. The zero-order chi connectivity index (χ0) is 14.4. The number of nitrogens with zero attached hydrogens (tertiary/aromatic N) is 2. The molecule has 0 atom stereocenters. The topological polar surface area (TPSA) is 54.9 Å². The molecule has 0 spiro atoms. The van der Waals surface area contributed by atoms with Crippen LogP contribution < -0.4 is 5.32 Å². The van der Waals surface area contributed by atoms with Crippen LogP contribution in [0.4, 0.5) is 5.82 Å². The van der Waals surface area contributed by atoms with E-state index in [1.54, 1.807) is 17.8 Å². The molecule has 1 N–H and O–H groups in total. The number of amides is 1. The average molecular weight is 285 g/mol. The molecular weight excluding hydrogens is 270 g/mol. The van der Waals surface area contributed by atoms with Crippen molar-refractivity contribution < 1.29 is 4.79 Å². The van der Waals surface area contributed by atoms with Gasteiger partial charge in [-0.25, -0.2) is 9.97 Å². The largest absolute Gasteiger partial charge is 0.307 e. The SMILES string of the molecule is C=CC(=O)Nc1cc(SCc2ccccc2C)ncn1. The first-order chi connectivity index (χ1) is 9.69. The molecule has 0 aliphatic rings. The van der Waals surface area contributed by atoms with E-state index in [1.807, 2.05) is 12.1 Å². The fourth-order valence-electron chi connectivity index (χ4n) is 1.59. The maximum Gasteiger partial charge on any atom is 0.248 e. The van der Waals surface area contributed by atoms with Gasteiger partial charge < -0.3 is 5.32 Å². The summed E-state index contributed by atoms with van der Waals surface area (Å²) in [5.74, 6) is 1.04. The molecule has 0 bridgehead atoms. The van der Waals surface area contributed by atoms with Crippen LogP contribution in [-0.4, -0.2) is 15.9 Å². The van der Waals surface area contributed by atoms with Crippen molar-refractivity contribution in [1.82, 2.24) is 9.97 Å². The van der Waals surface area contributed by atoms with Crippen molar-refractivity contribution in [3.63, 3.8) is 0 Å². The van der Waals surface area contributed by atoms with E-state index in [1.165, 1.54) is 23.5 Å². The normalized spacial score (nSPS) is 10.1. The van der Waals surface area contributed by atoms with Crippen LogP contribution in [0.5, 0.6) is 0 Å². The average Bonchev–Trinajstić information content (AvgIpc) is 2.47. The lowest BCUT2D eigenvalue weighted by Gasteiger charge is -2.06. The standard InChI is InChI=1S/C15H15N3OS/c1-3-14(19)18-13-8-15(17-10-16-13)20-9-12-7-5-4-6-11(12)2/h3-8,10H,1,9H2,2H3,(H,16,17,18,19). The molecule has 0 radical (unpaired) electrons. The number of carbonyl (C=O) groups is 1. The number of aromatic nitrogens is 2. The van der Waals surface area contributed by atoms with Crippen LogP contribution in [0.1, 0.15) is 11.1 Å². The Morgan fingerprint density at radius 3 is 2.95 bits per heavy atom. The molecule has 2 rings (SSSR count). The number of nitrogens with one attached hydrogen (secondary N) is 1. The molecule has 1 amide bonds. The minimum Gasteiger partial charge on any atom is -0.307 e. The van der Waals surface area contributed by atoms with Gasteiger partial charge in [0.15, 0.2) is 0 Å². The van der Waals surface area contributed by atoms with E-state index in [9.17, 15) is 4.79 Å². The van der Waals surface area contributed by atoms with Crippen LogP contribution in [0.2, 0.25) is 0 Å². The summed E-state index contributed by atoms with van der Waals surface area (Å²) in [6.45, 7) is 5.49. The predicted octanol–water partition coefficient (Wildman–Crippen LogP) is 3.20. The number of rotatable bonds is 5. The highest BCUT2D eigenvalue weighted by atomic mass is 32.2. The summed E-state index contributed by atoms with van der Waals surface area (Å²) in [6, 6.07) is 10.00. The molecule has 0 unspecified atom stereocenters. The van der Waals surface area contributed by atoms with E-state index in [0.29, 0.717) is 5.82 Å². The Bertz CT molecular complexity index is 628. The van der Waals surface area contributed by atoms with Crippen LogP contribution in [0.15, 0.2) is 54.3 Å². The van der Waals surface area contributed by atoms with Crippen molar-refractivity contribution >= 4 is 23.5 Å². The summed E-state index contributed by atoms with van der Waals surface area (Å²) in [5, 5.41) is 3.44. The second kappa shape index (κ2) is 6.86. The molecule has 1 aromatic carbocycles. The zero-order valence-electron chi connectivity index (χ0n) is 11.2. The van der Waals surface area contributed by atoms with Gasteiger partial charge in [-0.3, -0.25) is 4.79 Å². The van der Waals surface area contributed by atoms with Crippen molar-refractivity contribution in [1.29, 1.82) is 0 Å². The smallest absolute Gasteiger partial charge is 0.248 e. The lowest BCUT2D eigenvalue weighted by Crippen LogP contribution is -2.08. The van der Waals surface area contributed by atoms with E-state index in [4.69, 9.17) is 0 Å². The van der Waals surface area contributed by atoms with Gasteiger partial charge in [0.25, 0.3) is 0 Å². The lowest BCUT2D eigenvalue weighted by atomic mass is 10.1. The van der Waals surface area contributed by atoms with Crippen LogP contribution in [0, 0.1) is 6.92 Å².